The summed E-state index contributed by atoms with van der Waals surface area (Å²) in [5.74, 6) is -1.61. The molecule has 15 heavy (non-hydrogen) atoms. The second-order valence-electron chi connectivity index (χ2n) is 3.31. The van der Waals surface area contributed by atoms with Crippen molar-refractivity contribution in [1.82, 2.24) is 0 Å². The van der Waals surface area contributed by atoms with Gasteiger partial charge in [0.1, 0.15) is 0 Å². The monoisotopic (exact) mass is 218 g/mol. The highest BCUT2D eigenvalue weighted by Gasteiger charge is 1.97. The summed E-state index contributed by atoms with van der Waals surface area (Å²) in [4.78, 5) is 20.3. The van der Waals surface area contributed by atoms with Gasteiger partial charge in [0.15, 0.2) is 0 Å². The lowest BCUT2D eigenvalue weighted by Crippen LogP contribution is -2.03. The van der Waals surface area contributed by atoms with Crippen LogP contribution in [-0.2, 0) is 14.3 Å². The van der Waals surface area contributed by atoms with Gasteiger partial charge in [0.05, 0.1) is 13.0 Å². The third-order valence-corrected chi connectivity index (χ3v) is 1.89. The smallest absolute Gasteiger partial charge is 0.305 e. The van der Waals surface area contributed by atoms with Crippen LogP contribution in [0.1, 0.15) is 38.5 Å². The summed E-state index contributed by atoms with van der Waals surface area (Å²) in [7, 11) is 0. The molecule has 0 saturated carbocycles. The lowest BCUT2D eigenvalue weighted by atomic mass is 10.1. The number of unbranched alkanes of at least 4 members (excludes halogenated alkanes) is 3. The molecule has 0 rings (SSSR count). The van der Waals surface area contributed by atoms with E-state index in [1.165, 1.54) is 0 Å². The zero-order valence-corrected chi connectivity index (χ0v) is 8.78. The van der Waals surface area contributed by atoms with Gasteiger partial charge in [0.25, 0.3) is 0 Å². The van der Waals surface area contributed by atoms with Crippen molar-refractivity contribution in [1.29, 1.82) is 0 Å². The normalized spacial score (nSPS) is 10.1. The molecule has 0 spiro atoms. The van der Waals surface area contributed by atoms with Crippen molar-refractivity contribution in [3.05, 3.63) is 0 Å². The van der Waals surface area contributed by atoms with Crippen molar-refractivity contribution < 1.29 is 24.5 Å². The van der Waals surface area contributed by atoms with E-state index in [1.807, 2.05) is 0 Å². The Kier molecular flexibility index (Phi) is 8.76. The Morgan fingerprint density at radius 3 is 2.00 bits per heavy atom. The van der Waals surface area contributed by atoms with Crippen molar-refractivity contribution in [3.63, 3.8) is 0 Å². The number of carbonyl (C=O) groups is 2. The average Bonchev–Trinajstić information content (AvgIpc) is 2.14. The maximum atomic E-state index is 10.2. The highest BCUT2D eigenvalue weighted by atomic mass is 16.5. The predicted molar refractivity (Wildman–Crippen MR) is 53.8 cm³/mol. The molecule has 0 aliphatic carbocycles. The molecule has 88 valence electrons. The Morgan fingerprint density at radius 1 is 0.800 bits per heavy atom. The summed E-state index contributed by atoms with van der Waals surface area (Å²) in [6.07, 6.45) is 3.64. The van der Waals surface area contributed by atoms with E-state index in [1.54, 1.807) is 0 Å². The zero-order valence-electron chi connectivity index (χ0n) is 8.78. The molecule has 0 radical (unpaired) electrons. The Balaban J connectivity index is 2.99. The van der Waals surface area contributed by atoms with Gasteiger partial charge in [-0.1, -0.05) is 12.8 Å². The molecular formula is C10H18O5. The Morgan fingerprint density at radius 2 is 1.40 bits per heavy atom. The fourth-order valence-electron chi connectivity index (χ4n) is 1.10. The molecule has 0 aliphatic rings. The number of rotatable bonds is 10. The first-order valence-corrected chi connectivity index (χ1v) is 5.14. The van der Waals surface area contributed by atoms with Gasteiger partial charge in [0.2, 0.25) is 0 Å². The van der Waals surface area contributed by atoms with Crippen LogP contribution in [0.15, 0.2) is 0 Å². The fraction of sp³-hybridized carbons (Fsp3) is 0.800. The number of carboxylic acid groups (broad SMARTS) is 2. The largest absolute Gasteiger partial charge is 0.481 e. The lowest BCUT2D eigenvalue weighted by Gasteiger charge is -2.01. The van der Waals surface area contributed by atoms with Gasteiger partial charge in [-0.2, -0.15) is 0 Å². The first kappa shape index (κ1) is 13.9. The highest BCUT2D eigenvalue weighted by Crippen LogP contribution is 2.03. The maximum absolute atomic E-state index is 10.2. The predicted octanol–water partition coefficient (Wildman–Crippen LogP) is 1.51. The summed E-state index contributed by atoms with van der Waals surface area (Å²) < 4.78 is 5.07. The van der Waals surface area contributed by atoms with Crippen molar-refractivity contribution in [2.45, 2.75) is 38.5 Å². The second kappa shape index (κ2) is 9.45. The van der Waals surface area contributed by atoms with Gasteiger partial charge in [-0.25, -0.2) is 0 Å². The van der Waals surface area contributed by atoms with Crippen LogP contribution in [0, 0.1) is 0 Å². The van der Waals surface area contributed by atoms with Crippen LogP contribution in [0.3, 0.4) is 0 Å². The second-order valence-corrected chi connectivity index (χ2v) is 3.31. The van der Waals surface area contributed by atoms with Crippen LogP contribution in [0.2, 0.25) is 0 Å². The molecule has 0 aromatic carbocycles. The van der Waals surface area contributed by atoms with Crippen LogP contribution < -0.4 is 0 Å². The zero-order chi connectivity index (χ0) is 11.5. The van der Waals surface area contributed by atoms with Crippen molar-refractivity contribution >= 4 is 11.9 Å². The molecule has 0 saturated heterocycles. The fourth-order valence-corrected chi connectivity index (χ4v) is 1.10. The van der Waals surface area contributed by atoms with E-state index in [2.05, 4.69) is 0 Å². The van der Waals surface area contributed by atoms with E-state index in [0.29, 0.717) is 13.0 Å². The van der Waals surface area contributed by atoms with Gasteiger partial charge in [-0.05, 0) is 12.8 Å². The van der Waals surface area contributed by atoms with E-state index >= 15 is 0 Å². The highest BCUT2D eigenvalue weighted by molar-refractivity contribution is 5.66. The van der Waals surface area contributed by atoms with Crippen molar-refractivity contribution in [2.75, 3.05) is 13.2 Å². The van der Waals surface area contributed by atoms with E-state index in [4.69, 9.17) is 14.9 Å². The Hall–Kier alpha value is -1.10. The molecular weight excluding hydrogens is 200 g/mol. The molecule has 0 fully saturated rings. The van der Waals surface area contributed by atoms with Crippen LogP contribution in [-0.4, -0.2) is 35.4 Å². The number of aliphatic carboxylic acids is 2. The van der Waals surface area contributed by atoms with Gasteiger partial charge < -0.3 is 14.9 Å². The molecule has 0 aromatic heterocycles. The van der Waals surface area contributed by atoms with E-state index in [-0.39, 0.29) is 19.4 Å². The first-order valence-electron chi connectivity index (χ1n) is 5.14. The molecule has 0 aliphatic heterocycles. The lowest BCUT2D eigenvalue weighted by molar-refractivity contribution is -0.138. The molecule has 5 nitrogen and oxygen atoms in total. The molecule has 0 heterocycles. The van der Waals surface area contributed by atoms with E-state index in [9.17, 15) is 9.59 Å². The Labute approximate surface area is 89.0 Å². The van der Waals surface area contributed by atoms with Crippen LogP contribution in [0.25, 0.3) is 0 Å². The minimum Gasteiger partial charge on any atom is -0.481 e. The first-order chi connectivity index (χ1) is 7.13. The molecule has 0 aromatic rings. The summed E-state index contributed by atoms with van der Waals surface area (Å²) in [6.45, 7) is 0.810. The molecule has 0 unspecified atom stereocenters. The van der Waals surface area contributed by atoms with Gasteiger partial charge in [0, 0.05) is 13.0 Å². The molecule has 0 bridgehead atoms. The number of hydrogen-bond donors (Lipinski definition) is 2. The third-order valence-electron chi connectivity index (χ3n) is 1.89. The number of hydrogen-bond acceptors (Lipinski definition) is 3. The minimum atomic E-state index is -0.851. The van der Waals surface area contributed by atoms with Crippen molar-refractivity contribution in [2.24, 2.45) is 0 Å². The van der Waals surface area contributed by atoms with Gasteiger partial charge in [-0.15, -0.1) is 0 Å². The van der Waals surface area contributed by atoms with Crippen LogP contribution in [0.4, 0.5) is 0 Å². The third kappa shape index (κ3) is 12.9. The van der Waals surface area contributed by atoms with Crippen LogP contribution >= 0.6 is 0 Å². The Bertz CT molecular complexity index is 170. The summed E-state index contributed by atoms with van der Waals surface area (Å²) in [6, 6.07) is 0. The topological polar surface area (TPSA) is 83.8 Å². The quantitative estimate of drug-likeness (QED) is 0.543. The average molecular weight is 218 g/mol. The van der Waals surface area contributed by atoms with E-state index in [0.717, 1.165) is 19.3 Å². The van der Waals surface area contributed by atoms with Gasteiger partial charge >= 0.3 is 11.9 Å². The standard InChI is InChI=1S/C10H18O5/c11-9(12)5-3-1-2-4-7-15-8-6-10(13)14/h1-8H2,(H,11,12)(H,13,14). The van der Waals surface area contributed by atoms with Crippen LogP contribution in [0.5, 0.6) is 0 Å². The summed E-state index contributed by atoms with van der Waals surface area (Å²) in [5, 5.41) is 16.7. The van der Waals surface area contributed by atoms with Gasteiger partial charge in [-0.3, -0.25) is 9.59 Å². The summed E-state index contributed by atoms with van der Waals surface area (Å²) in [5.41, 5.74) is 0. The molecule has 2 N–H and O–H groups in total. The SMILES string of the molecule is O=C(O)CCCCCCOCCC(=O)O. The van der Waals surface area contributed by atoms with Crippen molar-refractivity contribution in [3.8, 4) is 0 Å². The molecule has 5 heteroatoms. The summed E-state index contributed by atoms with van der Waals surface area (Å²) >= 11 is 0. The number of carboxylic acids is 2. The molecule has 0 atom stereocenters. The number of ether oxygens (including phenoxy) is 1. The van der Waals surface area contributed by atoms with E-state index < -0.39 is 11.9 Å². The molecule has 0 amide bonds. The minimum absolute atomic E-state index is 0.0407. The maximum Gasteiger partial charge on any atom is 0.305 e.